The fourth-order valence-electron chi connectivity index (χ4n) is 1.59. The van der Waals surface area contributed by atoms with Crippen molar-refractivity contribution in [3.05, 3.63) is 12.2 Å². The Balaban J connectivity index is 4.42. The van der Waals surface area contributed by atoms with E-state index in [9.17, 15) is 19.2 Å². The van der Waals surface area contributed by atoms with Crippen molar-refractivity contribution in [2.45, 2.75) is 31.3 Å². The van der Waals surface area contributed by atoms with Gasteiger partial charge in [0.1, 0.15) is 6.04 Å². The molecule has 0 saturated heterocycles. The van der Waals surface area contributed by atoms with Crippen molar-refractivity contribution in [3.63, 3.8) is 0 Å². The number of carboxylic acids is 1. The van der Waals surface area contributed by atoms with Gasteiger partial charge in [0.15, 0.2) is 0 Å². The van der Waals surface area contributed by atoms with Gasteiger partial charge in [-0.15, -0.1) is 0 Å². The van der Waals surface area contributed by atoms with Crippen LogP contribution >= 0.6 is 0 Å². The molecule has 136 valence electrons. The van der Waals surface area contributed by atoms with E-state index < -0.39 is 35.8 Å². The first-order chi connectivity index (χ1) is 11.3. The van der Waals surface area contributed by atoms with Crippen molar-refractivity contribution in [1.82, 2.24) is 10.6 Å². The zero-order valence-electron chi connectivity index (χ0n) is 13.5. The molecule has 0 fully saturated rings. The molecule has 0 radical (unpaired) electrons. The molecule has 0 aromatic heterocycles. The Bertz CT molecular complexity index is 480. The summed E-state index contributed by atoms with van der Waals surface area (Å²) < 4.78 is 4.31. The zero-order valence-corrected chi connectivity index (χ0v) is 13.5. The van der Waals surface area contributed by atoms with Crippen LogP contribution in [0.25, 0.3) is 0 Å². The fraction of sp³-hybridized carbons (Fsp3) is 0.571. The average Bonchev–Trinajstić information content (AvgIpc) is 2.55. The standard InChI is InChI=1S/C14H24N4O6/c1-24-12(20)6-5-11(19)17-8-10(14(22)23)18-13(21)9(16)4-2-3-7-15/h5-6,9-10H,2-4,7-8,15-16H2,1H3,(H,17,19)(H,18,21)(H,22,23)/b6-5+/t9-,10-/m0/s1. The Kier molecular flexibility index (Phi) is 10.8. The summed E-state index contributed by atoms with van der Waals surface area (Å²) >= 11 is 0. The molecule has 0 aliphatic carbocycles. The molecule has 0 aromatic carbocycles. The van der Waals surface area contributed by atoms with Crippen molar-refractivity contribution in [3.8, 4) is 0 Å². The number of nitrogens with one attached hydrogen (secondary N) is 2. The lowest BCUT2D eigenvalue weighted by Crippen LogP contribution is -2.52. The molecule has 24 heavy (non-hydrogen) atoms. The molecule has 7 N–H and O–H groups in total. The van der Waals surface area contributed by atoms with E-state index in [1.165, 1.54) is 0 Å². The molecule has 0 saturated carbocycles. The number of aliphatic carboxylic acids is 1. The highest BCUT2D eigenvalue weighted by molar-refractivity contribution is 5.95. The molecule has 10 heteroatoms. The number of amides is 2. The molecule has 0 aromatic rings. The number of hydrogen-bond acceptors (Lipinski definition) is 7. The van der Waals surface area contributed by atoms with E-state index in [1.54, 1.807) is 0 Å². The van der Waals surface area contributed by atoms with Gasteiger partial charge in [-0.1, -0.05) is 6.42 Å². The van der Waals surface area contributed by atoms with E-state index >= 15 is 0 Å². The molecule has 2 atom stereocenters. The minimum atomic E-state index is -1.34. The molecule has 0 aliphatic heterocycles. The minimum Gasteiger partial charge on any atom is -0.480 e. The second-order valence-electron chi connectivity index (χ2n) is 4.89. The molecule has 0 bridgehead atoms. The first-order valence-corrected chi connectivity index (χ1v) is 7.34. The summed E-state index contributed by atoms with van der Waals surface area (Å²) in [7, 11) is 1.15. The molecule has 0 spiro atoms. The molecular weight excluding hydrogens is 320 g/mol. The van der Waals surface area contributed by atoms with Crippen LogP contribution in [-0.2, 0) is 23.9 Å². The maximum atomic E-state index is 11.8. The molecule has 2 amide bonds. The summed E-state index contributed by atoms with van der Waals surface area (Å²) in [5.41, 5.74) is 11.0. The van der Waals surface area contributed by atoms with Gasteiger partial charge in [-0.25, -0.2) is 9.59 Å². The van der Waals surface area contributed by atoms with E-state index in [0.29, 0.717) is 25.8 Å². The molecule has 10 nitrogen and oxygen atoms in total. The summed E-state index contributed by atoms with van der Waals surface area (Å²) in [6, 6.07) is -2.19. The number of rotatable bonds is 11. The van der Waals surface area contributed by atoms with Crippen LogP contribution in [0.3, 0.4) is 0 Å². The van der Waals surface area contributed by atoms with Crippen LogP contribution in [0.15, 0.2) is 12.2 Å². The Morgan fingerprint density at radius 3 is 2.42 bits per heavy atom. The second kappa shape index (κ2) is 12.0. The topological polar surface area (TPSA) is 174 Å². The van der Waals surface area contributed by atoms with Crippen molar-refractivity contribution >= 4 is 23.8 Å². The van der Waals surface area contributed by atoms with Gasteiger partial charge in [0.25, 0.3) is 0 Å². The van der Waals surface area contributed by atoms with E-state index in [-0.39, 0.29) is 6.54 Å². The predicted octanol–water partition coefficient (Wildman–Crippen LogP) is -2.14. The van der Waals surface area contributed by atoms with Gasteiger partial charge in [0, 0.05) is 18.7 Å². The molecule has 0 heterocycles. The number of carbonyl (C=O) groups is 4. The summed E-state index contributed by atoms with van der Waals surface area (Å²) in [4.78, 5) is 45.2. The van der Waals surface area contributed by atoms with Crippen LogP contribution in [-0.4, -0.2) is 61.1 Å². The number of nitrogens with two attached hydrogens (primary N) is 2. The van der Waals surface area contributed by atoms with Crippen molar-refractivity contribution in [2.75, 3.05) is 20.2 Å². The maximum Gasteiger partial charge on any atom is 0.330 e. The van der Waals surface area contributed by atoms with Gasteiger partial charge in [-0.2, -0.15) is 0 Å². The van der Waals surface area contributed by atoms with Crippen LogP contribution in [0.1, 0.15) is 19.3 Å². The number of carboxylic acid groups (broad SMARTS) is 1. The Labute approximate surface area is 139 Å². The van der Waals surface area contributed by atoms with Crippen LogP contribution in [0.5, 0.6) is 0 Å². The number of ether oxygens (including phenoxy) is 1. The maximum absolute atomic E-state index is 11.8. The molecule has 0 unspecified atom stereocenters. The third-order valence-corrected chi connectivity index (χ3v) is 2.97. The van der Waals surface area contributed by atoms with Crippen LogP contribution in [0.4, 0.5) is 0 Å². The summed E-state index contributed by atoms with van der Waals surface area (Å²) in [6.07, 6.45) is 3.52. The quantitative estimate of drug-likeness (QED) is 0.160. The van der Waals surface area contributed by atoms with Crippen molar-refractivity contribution in [1.29, 1.82) is 0 Å². The normalized spacial score (nSPS) is 13.1. The van der Waals surface area contributed by atoms with Gasteiger partial charge in [-0.05, 0) is 19.4 Å². The SMILES string of the molecule is COC(=O)/C=C/C(=O)NC[C@H](NC(=O)[C@@H](N)CCCCN)C(=O)O. The summed E-state index contributed by atoms with van der Waals surface area (Å²) in [5.74, 6) is -3.38. The lowest BCUT2D eigenvalue weighted by atomic mass is 10.1. The van der Waals surface area contributed by atoms with E-state index in [1.807, 2.05) is 0 Å². The number of esters is 1. The second-order valence-corrected chi connectivity index (χ2v) is 4.89. The highest BCUT2D eigenvalue weighted by Gasteiger charge is 2.23. The van der Waals surface area contributed by atoms with Gasteiger partial charge in [-0.3, -0.25) is 9.59 Å². The molecule has 0 rings (SSSR count). The number of hydrogen-bond donors (Lipinski definition) is 5. The lowest BCUT2D eigenvalue weighted by Gasteiger charge is -2.18. The largest absolute Gasteiger partial charge is 0.480 e. The fourth-order valence-corrected chi connectivity index (χ4v) is 1.59. The third-order valence-electron chi connectivity index (χ3n) is 2.97. The highest BCUT2D eigenvalue weighted by Crippen LogP contribution is 1.98. The smallest absolute Gasteiger partial charge is 0.330 e. The Morgan fingerprint density at radius 1 is 1.21 bits per heavy atom. The Hall–Kier alpha value is -2.46. The van der Waals surface area contributed by atoms with Gasteiger partial charge in [0.05, 0.1) is 13.2 Å². The Morgan fingerprint density at radius 2 is 1.88 bits per heavy atom. The third kappa shape index (κ3) is 9.54. The van der Waals surface area contributed by atoms with Gasteiger partial charge >= 0.3 is 11.9 Å². The monoisotopic (exact) mass is 344 g/mol. The molecule has 0 aliphatic rings. The van der Waals surface area contributed by atoms with E-state index in [0.717, 1.165) is 19.3 Å². The lowest BCUT2D eigenvalue weighted by molar-refractivity contribution is -0.142. The van der Waals surface area contributed by atoms with Crippen LogP contribution in [0.2, 0.25) is 0 Å². The predicted molar refractivity (Wildman–Crippen MR) is 84.6 cm³/mol. The van der Waals surface area contributed by atoms with Crippen LogP contribution < -0.4 is 22.1 Å². The number of methoxy groups -OCH3 is 1. The first-order valence-electron chi connectivity index (χ1n) is 7.34. The highest BCUT2D eigenvalue weighted by atomic mass is 16.5. The van der Waals surface area contributed by atoms with Crippen LogP contribution in [0, 0.1) is 0 Å². The minimum absolute atomic E-state index is 0.360. The number of carbonyl (C=O) groups excluding carboxylic acids is 3. The molecular formula is C14H24N4O6. The summed E-state index contributed by atoms with van der Waals surface area (Å²) in [6.45, 7) is 0.123. The average molecular weight is 344 g/mol. The van der Waals surface area contributed by atoms with Gasteiger partial charge in [0.2, 0.25) is 11.8 Å². The van der Waals surface area contributed by atoms with E-state index in [4.69, 9.17) is 16.6 Å². The van der Waals surface area contributed by atoms with Crippen molar-refractivity contribution in [2.24, 2.45) is 11.5 Å². The zero-order chi connectivity index (χ0) is 18.5. The van der Waals surface area contributed by atoms with Gasteiger partial charge < -0.3 is 31.9 Å². The van der Waals surface area contributed by atoms with Crippen molar-refractivity contribution < 1.29 is 29.0 Å². The summed E-state index contributed by atoms with van der Waals surface area (Å²) in [5, 5.41) is 13.6. The first kappa shape index (κ1) is 21.5. The number of unbranched alkanes of at least 4 members (excludes halogenated alkanes) is 1. The van der Waals surface area contributed by atoms with E-state index in [2.05, 4.69) is 15.4 Å².